The van der Waals surface area contributed by atoms with E-state index in [4.69, 9.17) is 4.74 Å². The molecule has 28 heavy (non-hydrogen) atoms. The smallest absolute Gasteiger partial charge is 0.261 e. The maximum Gasteiger partial charge on any atom is 0.261 e. The molecule has 148 valence electrons. The highest BCUT2D eigenvalue weighted by atomic mass is 32.2. The predicted octanol–water partition coefficient (Wildman–Crippen LogP) is 2.48. The van der Waals surface area contributed by atoms with Gasteiger partial charge in [0, 0.05) is 26.1 Å². The Morgan fingerprint density at radius 1 is 1.04 bits per heavy atom. The van der Waals surface area contributed by atoms with E-state index in [1.165, 1.54) is 0 Å². The van der Waals surface area contributed by atoms with E-state index in [0.29, 0.717) is 31.0 Å². The Hall–Kier alpha value is -2.38. The van der Waals surface area contributed by atoms with Crippen molar-refractivity contribution in [3.63, 3.8) is 0 Å². The van der Waals surface area contributed by atoms with Gasteiger partial charge >= 0.3 is 0 Å². The van der Waals surface area contributed by atoms with Gasteiger partial charge in [-0.15, -0.1) is 0 Å². The van der Waals surface area contributed by atoms with Crippen LogP contribution in [-0.2, 0) is 27.8 Å². The number of para-hydroxylation sites is 1. The Labute approximate surface area is 165 Å². The SMILES string of the molecule is O=C(NCc1ccc(S(=O)(=O)N2CCCCC2)cc1)C1Cc2ccccc2O1. The largest absolute Gasteiger partial charge is 0.480 e. The highest BCUT2D eigenvalue weighted by Crippen LogP contribution is 2.28. The summed E-state index contributed by atoms with van der Waals surface area (Å²) in [6.07, 6.45) is 2.96. The van der Waals surface area contributed by atoms with Crippen molar-refractivity contribution in [2.75, 3.05) is 13.1 Å². The summed E-state index contributed by atoms with van der Waals surface area (Å²) in [5, 5.41) is 2.87. The first-order chi connectivity index (χ1) is 13.5. The van der Waals surface area contributed by atoms with Crippen LogP contribution in [0.15, 0.2) is 53.4 Å². The van der Waals surface area contributed by atoms with Crippen LogP contribution in [0.5, 0.6) is 5.75 Å². The number of nitrogens with one attached hydrogen (secondary N) is 1. The zero-order valence-electron chi connectivity index (χ0n) is 15.6. The molecule has 0 aromatic heterocycles. The minimum absolute atomic E-state index is 0.166. The van der Waals surface area contributed by atoms with Gasteiger partial charge in [-0.1, -0.05) is 36.8 Å². The molecule has 1 amide bonds. The maximum atomic E-state index is 12.7. The van der Waals surface area contributed by atoms with E-state index < -0.39 is 16.1 Å². The number of hydrogen-bond donors (Lipinski definition) is 1. The molecule has 0 saturated carbocycles. The number of benzene rings is 2. The fraction of sp³-hybridized carbons (Fsp3) is 0.381. The monoisotopic (exact) mass is 400 g/mol. The van der Waals surface area contributed by atoms with Crippen LogP contribution in [0.2, 0.25) is 0 Å². The number of ether oxygens (including phenoxy) is 1. The van der Waals surface area contributed by atoms with Gasteiger partial charge in [0.25, 0.3) is 5.91 Å². The van der Waals surface area contributed by atoms with Gasteiger partial charge in [0.2, 0.25) is 10.0 Å². The number of nitrogens with zero attached hydrogens (tertiary/aromatic N) is 1. The van der Waals surface area contributed by atoms with Crippen LogP contribution in [-0.4, -0.2) is 37.8 Å². The van der Waals surface area contributed by atoms with Crippen LogP contribution in [0.25, 0.3) is 0 Å². The average molecular weight is 401 g/mol. The van der Waals surface area contributed by atoms with E-state index in [9.17, 15) is 13.2 Å². The summed E-state index contributed by atoms with van der Waals surface area (Å²) >= 11 is 0. The van der Waals surface area contributed by atoms with Crippen molar-refractivity contribution in [1.29, 1.82) is 0 Å². The van der Waals surface area contributed by atoms with Crippen molar-refractivity contribution in [2.24, 2.45) is 0 Å². The van der Waals surface area contributed by atoms with E-state index in [-0.39, 0.29) is 5.91 Å². The fourth-order valence-electron chi connectivity index (χ4n) is 3.66. The molecule has 2 heterocycles. The zero-order chi connectivity index (χ0) is 19.6. The first-order valence-electron chi connectivity index (χ1n) is 9.65. The molecule has 1 unspecified atom stereocenters. The average Bonchev–Trinajstić information content (AvgIpc) is 3.17. The number of sulfonamides is 1. The second-order valence-electron chi connectivity index (χ2n) is 7.24. The third kappa shape index (κ3) is 3.91. The molecular weight excluding hydrogens is 376 g/mol. The Morgan fingerprint density at radius 3 is 2.46 bits per heavy atom. The van der Waals surface area contributed by atoms with Gasteiger partial charge in [0.1, 0.15) is 5.75 Å². The van der Waals surface area contributed by atoms with Crippen LogP contribution in [0, 0.1) is 0 Å². The molecule has 1 N–H and O–H groups in total. The number of fused-ring (bicyclic) bond motifs is 1. The van der Waals surface area contributed by atoms with Crippen molar-refractivity contribution >= 4 is 15.9 Å². The molecule has 2 aliphatic rings. The molecule has 1 saturated heterocycles. The minimum Gasteiger partial charge on any atom is -0.480 e. The molecular formula is C21H24N2O4S. The van der Waals surface area contributed by atoms with Crippen molar-refractivity contribution in [1.82, 2.24) is 9.62 Å². The van der Waals surface area contributed by atoms with Crippen LogP contribution >= 0.6 is 0 Å². The number of amides is 1. The Kier molecular flexibility index (Phi) is 5.37. The van der Waals surface area contributed by atoms with Gasteiger partial charge in [-0.05, 0) is 42.2 Å². The number of rotatable bonds is 5. The summed E-state index contributed by atoms with van der Waals surface area (Å²) < 4.78 is 32.6. The molecule has 4 rings (SSSR count). The molecule has 0 aliphatic carbocycles. The first kappa shape index (κ1) is 19.0. The minimum atomic E-state index is -3.43. The lowest BCUT2D eigenvalue weighted by molar-refractivity contribution is -0.127. The van der Waals surface area contributed by atoms with Crippen LogP contribution in [0.1, 0.15) is 30.4 Å². The molecule has 0 bridgehead atoms. The summed E-state index contributed by atoms with van der Waals surface area (Å²) in [5.41, 5.74) is 1.89. The van der Waals surface area contributed by atoms with Crippen LogP contribution < -0.4 is 10.1 Å². The van der Waals surface area contributed by atoms with E-state index in [1.807, 2.05) is 24.3 Å². The Bertz CT molecular complexity index is 926. The third-order valence-electron chi connectivity index (χ3n) is 5.28. The summed E-state index contributed by atoms with van der Waals surface area (Å²) in [4.78, 5) is 12.7. The summed E-state index contributed by atoms with van der Waals surface area (Å²) in [6, 6.07) is 14.4. The number of piperidine rings is 1. The second kappa shape index (κ2) is 7.93. The van der Waals surface area contributed by atoms with Crippen LogP contribution in [0.3, 0.4) is 0 Å². The molecule has 2 aliphatic heterocycles. The van der Waals surface area contributed by atoms with Gasteiger partial charge in [-0.3, -0.25) is 4.79 Å². The zero-order valence-corrected chi connectivity index (χ0v) is 16.5. The van der Waals surface area contributed by atoms with Crippen molar-refractivity contribution in [2.45, 2.75) is 43.2 Å². The molecule has 0 spiro atoms. The Balaban J connectivity index is 1.34. The number of carbonyl (C=O) groups excluding carboxylic acids is 1. The highest BCUT2D eigenvalue weighted by Gasteiger charge is 2.29. The maximum absolute atomic E-state index is 12.7. The van der Waals surface area contributed by atoms with E-state index >= 15 is 0 Å². The van der Waals surface area contributed by atoms with E-state index in [2.05, 4.69) is 5.32 Å². The van der Waals surface area contributed by atoms with E-state index in [0.717, 1.165) is 36.1 Å². The summed E-state index contributed by atoms with van der Waals surface area (Å²) in [6.45, 7) is 1.51. The standard InChI is InChI=1S/C21H24N2O4S/c24-21(20-14-17-6-2-3-7-19(17)27-20)22-15-16-8-10-18(11-9-16)28(25,26)23-12-4-1-5-13-23/h2-3,6-11,20H,1,4-5,12-15H2,(H,22,24). The van der Waals surface area contributed by atoms with E-state index in [1.54, 1.807) is 28.6 Å². The van der Waals surface area contributed by atoms with Crippen LogP contribution in [0.4, 0.5) is 0 Å². The van der Waals surface area contributed by atoms with Gasteiger partial charge in [-0.25, -0.2) is 8.42 Å². The van der Waals surface area contributed by atoms with Crippen molar-refractivity contribution < 1.29 is 17.9 Å². The lowest BCUT2D eigenvalue weighted by atomic mass is 10.1. The molecule has 7 heteroatoms. The summed E-state index contributed by atoms with van der Waals surface area (Å²) in [7, 11) is -3.43. The van der Waals surface area contributed by atoms with Gasteiger partial charge in [-0.2, -0.15) is 4.31 Å². The van der Waals surface area contributed by atoms with Gasteiger partial charge in [0.05, 0.1) is 4.90 Å². The Morgan fingerprint density at radius 2 is 1.75 bits per heavy atom. The molecule has 1 atom stereocenters. The molecule has 6 nitrogen and oxygen atoms in total. The quantitative estimate of drug-likeness (QED) is 0.837. The first-order valence-corrected chi connectivity index (χ1v) is 11.1. The summed E-state index contributed by atoms with van der Waals surface area (Å²) in [5.74, 6) is 0.594. The number of hydrogen-bond acceptors (Lipinski definition) is 4. The fourth-order valence-corrected chi connectivity index (χ4v) is 5.18. The molecule has 2 aromatic rings. The normalized spacial score (nSPS) is 19.6. The lowest BCUT2D eigenvalue weighted by Gasteiger charge is -2.25. The van der Waals surface area contributed by atoms with Crippen molar-refractivity contribution in [3.8, 4) is 5.75 Å². The van der Waals surface area contributed by atoms with Gasteiger partial charge < -0.3 is 10.1 Å². The third-order valence-corrected chi connectivity index (χ3v) is 7.20. The van der Waals surface area contributed by atoms with Gasteiger partial charge in [0.15, 0.2) is 6.10 Å². The molecule has 1 fully saturated rings. The number of carbonyl (C=O) groups is 1. The predicted molar refractivity (Wildman–Crippen MR) is 105 cm³/mol. The lowest BCUT2D eigenvalue weighted by Crippen LogP contribution is -2.37. The molecule has 0 radical (unpaired) electrons. The second-order valence-corrected chi connectivity index (χ2v) is 9.18. The topological polar surface area (TPSA) is 75.7 Å². The van der Waals surface area contributed by atoms with Crippen molar-refractivity contribution in [3.05, 3.63) is 59.7 Å². The molecule has 2 aromatic carbocycles. The highest BCUT2D eigenvalue weighted by molar-refractivity contribution is 7.89.